The van der Waals surface area contributed by atoms with Crippen molar-refractivity contribution in [2.24, 2.45) is 0 Å². The van der Waals surface area contributed by atoms with E-state index in [2.05, 4.69) is 4.98 Å². The Labute approximate surface area is 81.3 Å². The third-order valence-electron chi connectivity index (χ3n) is 1.88. The largest absolute Gasteiger partial charge is 0.432 e. The Bertz CT molecular complexity index is 566. The fourth-order valence-corrected chi connectivity index (χ4v) is 1.26. The summed E-state index contributed by atoms with van der Waals surface area (Å²) in [5.41, 5.74) is -1.20. The van der Waals surface area contributed by atoms with Crippen LogP contribution in [0.15, 0.2) is 16.9 Å². The van der Waals surface area contributed by atoms with E-state index in [4.69, 9.17) is 0 Å². The molecule has 0 aliphatic carbocycles. The summed E-state index contributed by atoms with van der Waals surface area (Å²) in [7, 11) is 0. The van der Waals surface area contributed by atoms with Crippen LogP contribution < -0.4 is 5.56 Å². The number of hydrogen-bond acceptors (Lipinski definition) is 2. The summed E-state index contributed by atoms with van der Waals surface area (Å²) < 4.78 is 37.6. The highest BCUT2D eigenvalue weighted by atomic mass is 19.4. The lowest BCUT2D eigenvalue weighted by Gasteiger charge is -2.00. The lowest BCUT2D eigenvalue weighted by Crippen LogP contribution is -2.15. The monoisotopic (exact) mass is 217 g/mol. The molecule has 2 aromatic heterocycles. The Morgan fingerprint density at radius 1 is 1.40 bits per heavy atom. The molecule has 2 heterocycles. The number of H-pyrrole nitrogens is 1. The van der Waals surface area contributed by atoms with Gasteiger partial charge in [-0.05, 0) is 6.92 Å². The maximum atomic E-state index is 12.3. The van der Waals surface area contributed by atoms with E-state index in [1.54, 1.807) is 6.92 Å². The molecule has 0 aliphatic heterocycles. The van der Waals surface area contributed by atoms with Crippen molar-refractivity contribution in [1.29, 1.82) is 0 Å². The summed E-state index contributed by atoms with van der Waals surface area (Å²) in [5.74, 6) is 0. The van der Waals surface area contributed by atoms with Crippen LogP contribution in [0.4, 0.5) is 13.2 Å². The number of halogens is 3. The molecule has 0 bridgehead atoms. The SMILES string of the molecule is Cc1cc(=O)n2[nH]c(C(F)(F)F)cc2n1. The van der Waals surface area contributed by atoms with Gasteiger partial charge in [0.05, 0.1) is 0 Å². The van der Waals surface area contributed by atoms with Crippen molar-refractivity contribution in [2.75, 3.05) is 0 Å². The topological polar surface area (TPSA) is 50.2 Å². The summed E-state index contributed by atoms with van der Waals surface area (Å²) in [4.78, 5) is 15.1. The molecular weight excluding hydrogens is 211 g/mol. The molecule has 0 fully saturated rings. The number of aromatic amines is 1. The van der Waals surface area contributed by atoms with Gasteiger partial charge < -0.3 is 0 Å². The van der Waals surface area contributed by atoms with Crippen LogP contribution in [0.5, 0.6) is 0 Å². The minimum atomic E-state index is -4.51. The number of alkyl halides is 3. The first kappa shape index (κ1) is 9.75. The van der Waals surface area contributed by atoms with Gasteiger partial charge in [-0.3, -0.25) is 9.89 Å². The van der Waals surface area contributed by atoms with Crippen LogP contribution in [0.3, 0.4) is 0 Å². The molecule has 0 aromatic carbocycles. The van der Waals surface area contributed by atoms with Gasteiger partial charge in [0, 0.05) is 17.8 Å². The standard InChI is InChI=1S/C8H6F3N3O/c1-4-2-7(15)14-6(12-4)3-5(13-14)8(9,10)11/h2-3,13H,1H3. The molecule has 4 nitrogen and oxygen atoms in total. The lowest BCUT2D eigenvalue weighted by molar-refractivity contribution is -0.141. The third-order valence-corrected chi connectivity index (χ3v) is 1.88. The van der Waals surface area contributed by atoms with E-state index in [1.165, 1.54) is 0 Å². The van der Waals surface area contributed by atoms with Crippen LogP contribution in [-0.2, 0) is 6.18 Å². The van der Waals surface area contributed by atoms with E-state index < -0.39 is 17.4 Å². The normalized spacial score (nSPS) is 12.3. The molecule has 80 valence electrons. The van der Waals surface area contributed by atoms with Gasteiger partial charge in [-0.1, -0.05) is 0 Å². The minimum absolute atomic E-state index is 0.0349. The number of rotatable bonds is 0. The van der Waals surface area contributed by atoms with Crippen molar-refractivity contribution in [3.63, 3.8) is 0 Å². The Balaban J connectivity index is 2.77. The van der Waals surface area contributed by atoms with E-state index in [9.17, 15) is 18.0 Å². The zero-order valence-corrected chi connectivity index (χ0v) is 7.59. The molecule has 2 rings (SSSR count). The number of nitrogens with one attached hydrogen (secondary N) is 1. The van der Waals surface area contributed by atoms with Gasteiger partial charge >= 0.3 is 6.18 Å². The molecule has 0 spiro atoms. The lowest BCUT2D eigenvalue weighted by atomic mass is 10.4. The Hall–Kier alpha value is -1.79. The number of aryl methyl sites for hydroxylation is 1. The van der Waals surface area contributed by atoms with Gasteiger partial charge in [-0.25, -0.2) is 9.50 Å². The predicted octanol–water partition coefficient (Wildman–Crippen LogP) is 1.35. The van der Waals surface area contributed by atoms with E-state index in [0.717, 1.165) is 16.6 Å². The van der Waals surface area contributed by atoms with Gasteiger partial charge in [0.25, 0.3) is 5.56 Å². The summed E-state index contributed by atoms with van der Waals surface area (Å²) in [6.45, 7) is 1.54. The first-order chi connectivity index (χ1) is 6.88. The summed E-state index contributed by atoms with van der Waals surface area (Å²) in [5, 5.41) is 1.95. The smallest absolute Gasteiger partial charge is 0.285 e. The highest BCUT2D eigenvalue weighted by Gasteiger charge is 2.33. The molecule has 2 aromatic rings. The van der Waals surface area contributed by atoms with E-state index in [1.807, 2.05) is 5.10 Å². The van der Waals surface area contributed by atoms with Gasteiger partial charge in [0.15, 0.2) is 5.65 Å². The molecular formula is C8H6F3N3O. The molecule has 0 unspecified atom stereocenters. The summed E-state index contributed by atoms with van der Waals surface area (Å²) in [6.07, 6.45) is -4.51. The first-order valence-electron chi connectivity index (χ1n) is 4.04. The Morgan fingerprint density at radius 3 is 2.67 bits per heavy atom. The van der Waals surface area contributed by atoms with Crippen molar-refractivity contribution in [2.45, 2.75) is 13.1 Å². The third kappa shape index (κ3) is 1.60. The Morgan fingerprint density at radius 2 is 2.07 bits per heavy atom. The quantitative estimate of drug-likeness (QED) is 0.724. The fourth-order valence-electron chi connectivity index (χ4n) is 1.26. The molecule has 1 N–H and O–H groups in total. The van der Waals surface area contributed by atoms with Crippen molar-refractivity contribution < 1.29 is 13.2 Å². The minimum Gasteiger partial charge on any atom is -0.285 e. The zero-order chi connectivity index (χ0) is 11.2. The molecule has 0 saturated heterocycles. The molecule has 0 saturated carbocycles. The number of hydrogen-bond donors (Lipinski definition) is 1. The fraction of sp³-hybridized carbons (Fsp3) is 0.250. The van der Waals surface area contributed by atoms with Crippen molar-refractivity contribution in [3.05, 3.63) is 33.9 Å². The highest BCUT2D eigenvalue weighted by Crippen LogP contribution is 2.27. The van der Waals surface area contributed by atoms with Crippen molar-refractivity contribution in [3.8, 4) is 0 Å². The van der Waals surface area contributed by atoms with Gasteiger partial charge in [-0.15, -0.1) is 0 Å². The maximum absolute atomic E-state index is 12.3. The highest BCUT2D eigenvalue weighted by molar-refractivity contribution is 5.40. The molecule has 0 radical (unpaired) electrons. The average Bonchev–Trinajstić information content (AvgIpc) is 2.46. The van der Waals surface area contributed by atoms with Crippen LogP contribution in [0, 0.1) is 6.92 Å². The molecule has 0 atom stereocenters. The molecule has 0 aliphatic rings. The Kier molecular flexibility index (Phi) is 1.85. The molecule has 0 amide bonds. The van der Waals surface area contributed by atoms with Crippen molar-refractivity contribution >= 4 is 5.65 Å². The molecule has 7 heteroatoms. The van der Waals surface area contributed by atoms with Crippen LogP contribution in [0.25, 0.3) is 5.65 Å². The second kappa shape index (κ2) is 2.85. The van der Waals surface area contributed by atoms with Crippen LogP contribution in [0.2, 0.25) is 0 Å². The number of nitrogens with zero attached hydrogens (tertiary/aromatic N) is 2. The second-order valence-electron chi connectivity index (χ2n) is 3.10. The van der Waals surface area contributed by atoms with Gasteiger partial charge in [0.2, 0.25) is 0 Å². The van der Waals surface area contributed by atoms with Gasteiger partial charge in [-0.2, -0.15) is 13.2 Å². The maximum Gasteiger partial charge on any atom is 0.432 e. The molecule has 15 heavy (non-hydrogen) atoms. The van der Waals surface area contributed by atoms with Crippen LogP contribution in [0.1, 0.15) is 11.4 Å². The summed E-state index contributed by atoms with van der Waals surface area (Å²) in [6, 6.07) is 1.96. The zero-order valence-electron chi connectivity index (χ0n) is 7.59. The van der Waals surface area contributed by atoms with Crippen LogP contribution in [-0.4, -0.2) is 14.6 Å². The number of aromatic nitrogens is 3. The predicted molar refractivity (Wildman–Crippen MR) is 45.6 cm³/mol. The number of fused-ring (bicyclic) bond motifs is 1. The van der Waals surface area contributed by atoms with E-state index in [-0.39, 0.29) is 5.65 Å². The average molecular weight is 217 g/mol. The van der Waals surface area contributed by atoms with E-state index in [0.29, 0.717) is 5.69 Å². The van der Waals surface area contributed by atoms with Gasteiger partial charge in [0.1, 0.15) is 5.69 Å². The second-order valence-corrected chi connectivity index (χ2v) is 3.10. The first-order valence-corrected chi connectivity index (χ1v) is 4.04. The summed E-state index contributed by atoms with van der Waals surface area (Å²) >= 11 is 0. The van der Waals surface area contributed by atoms with E-state index >= 15 is 0 Å². The van der Waals surface area contributed by atoms with Crippen molar-refractivity contribution in [1.82, 2.24) is 14.6 Å². The van der Waals surface area contributed by atoms with Crippen LogP contribution >= 0.6 is 0 Å².